The Hall–Kier alpha value is -2.42. The minimum absolute atomic E-state index is 0.0756. The van der Waals surface area contributed by atoms with Crippen LogP contribution >= 0.6 is 11.8 Å². The molecule has 8 nitrogen and oxygen atoms in total. The number of amides is 3. The van der Waals surface area contributed by atoms with Crippen LogP contribution in [-0.4, -0.2) is 63.6 Å². The summed E-state index contributed by atoms with van der Waals surface area (Å²) < 4.78 is 5.48. The van der Waals surface area contributed by atoms with E-state index in [0.717, 1.165) is 19.3 Å². The predicted molar refractivity (Wildman–Crippen MR) is 165 cm³/mol. The van der Waals surface area contributed by atoms with Gasteiger partial charge in [0.2, 0.25) is 11.8 Å². The van der Waals surface area contributed by atoms with Crippen molar-refractivity contribution in [3.05, 3.63) is 29.3 Å². The number of nitrogens with zero attached hydrogens (tertiary/aromatic N) is 1. The van der Waals surface area contributed by atoms with Crippen LogP contribution < -0.4 is 10.6 Å². The van der Waals surface area contributed by atoms with Gasteiger partial charge in [-0.3, -0.25) is 9.59 Å². The average Bonchev–Trinajstić information content (AvgIpc) is 2.83. The van der Waals surface area contributed by atoms with Crippen LogP contribution in [0.5, 0.6) is 5.75 Å². The van der Waals surface area contributed by atoms with Crippen LogP contribution in [0.4, 0.5) is 4.79 Å². The normalized spacial score (nSPS) is 14.7. The minimum atomic E-state index is -0.939. The number of aryl methyl sites for hydroxylation is 1. The number of hydrogen-bond donors (Lipinski definition) is 3. The van der Waals surface area contributed by atoms with Gasteiger partial charge in [0, 0.05) is 12.1 Å². The zero-order chi connectivity index (χ0) is 30.6. The van der Waals surface area contributed by atoms with Gasteiger partial charge in [0.1, 0.15) is 23.4 Å². The van der Waals surface area contributed by atoms with Gasteiger partial charge in [-0.2, -0.15) is 11.8 Å². The fraction of sp³-hybridized carbons (Fsp3) is 0.710. The molecule has 0 fully saturated rings. The minimum Gasteiger partial charge on any atom is -0.508 e. The molecule has 9 heteroatoms. The Labute approximate surface area is 246 Å². The van der Waals surface area contributed by atoms with E-state index < -0.39 is 23.8 Å². The molecule has 1 rings (SSSR count). The molecule has 0 aliphatic rings. The first-order valence-corrected chi connectivity index (χ1v) is 15.9. The number of rotatable bonds is 15. The van der Waals surface area contributed by atoms with Gasteiger partial charge in [-0.15, -0.1) is 0 Å². The smallest absolute Gasteiger partial charge is 0.408 e. The average molecular weight is 580 g/mol. The number of thioether (sulfide) groups is 1. The van der Waals surface area contributed by atoms with Crippen LogP contribution in [0.1, 0.15) is 105 Å². The van der Waals surface area contributed by atoms with E-state index in [4.69, 9.17) is 4.74 Å². The maximum atomic E-state index is 14.4. The van der Waals surface area contributed by atoms with Crippen LogP contribution in [0.2, 0.25) is 0 Å². The highest BCUT2D eigenvalue weighted by Gasteiger charge is 2.39. The van der Waals surface area contributed by atoms with Crippen molar-refractivity contribution in [2.75, 3.05) is 12.0 Å². The fourth-order valence-electron chi connectivity index (χ4n) is 4.55. The van der Waals surface area contributed by atoms with Crippen molar-refractivity contribution in [1.29, 1.82) is 0 Å². The third-order valence-electron chi connectivity index (χ3n) is 6.66. The standard InChI is InChI=1S/C31H53N3O5S/c1-11-12-22(5)32-28(36)27(24-15-16-26(35)21(4)19-24)34(23(6)14-13-20(2)3)29(37)25(17-18-40-10)33-30(38)39-31(7,8)9/h15-16,19-20,22-23,25,27,35H,11-14,17-18H2,1-10H3,(H,32,36)(H,33,38). The summed E-state index contributed by atoms with van der Waals surface area (Å²) in [5.74, 6) is 0.571. The second kappa shape index (κ2) is 16.7. The Kier molecular flexibility index (Phi) is 14.9. The third-order valence-corrected chi connectivity index (χ3v) is 7.31. The lowest BCUT2D eigenvalue weighted by Gasteiger charge is -2.39. The molecule has 0 aliphatic heterocycles. The number of nitrogens with one attached hydrogen (secondary N) is 2. The van der Waals surface area contributed by atoms with Gasteiger partial charge >= 0.3 is 6.09 Å². The Balaban J connectivity index is 3.67. The van der Waals surface area contributed by atoms with Gasteiger partial charge in [-0.05, 0) is 108 Å². The summed E-state index contributed by atoms with van der Waals surface area (Å²) in [6.45, 7) is 17.3. The first-order valence-electron chi connectivity index (χ1n) is 14.5. The SMILES string of the molecule is CCCC(C)NC(=O)C(c1ccc(O)c(C)c1)N(C(=O)C(CCSC)NC(=O)OC(C)(C)C)C(C)CCC(C)C. The molecule has 3 amide bonds. The quantitative estimate of drug-likeness (QED) is 0.224. The van der Waals surface area contributed by atoms with Crippen molar-refractivity contribution in [2.24, 2.45) is 5.92 Å². The summed E-state index contributed by atoms with van der Waals surface area (Å²) in [5.41, 5.74) is 0.509. The number of carbonyl (C=O) groups excluding carboxylic acids is 3. The lowest BCUT2D eigenvalue weighted by atomic mass is 9.95. The second-order valence-electron chi connectivity index (χ2n) is 12.2. The van der Waals surface area contributed by atoms with Crippen LogP contribution in [0.15, 0.2) is 18.2 Å². The summed E-state index contributed by atoms with van der Waals surface area (Å²) in [6.07, 6.45) is 4.95. The first kappa shape index (κ1) is 35.6. The highest BCUT2D eigenvalue weighted by Crippen LogP contribution is 2.31. The summed E-state index contributed by atoms with van der Waals surface area (Å²) in [4.78, 5) is 42.9. The van der Waals surface area contributed by atoms with Crippen molar-refractivity contribution in [3.63, 3.8) is 0 Å². The number of ether oxygens (including phenoxy) is 1. The van der Waals surface area contributed by atoms with Gasteiger partial charge in [-0.1, -0.05) is 33.3 Å². The summed E-state index contributed by atoms with van der Waals surface area (Å²) in [6, 6.07) is 2.84. The van der Waals surface area contributed by atoms with Gasteiger partial charge < -0.3 is 25.4 Å². The molecule has 0 radical (unpaired) electrons. The summed E-state index contributed by atoms with van der Waals surface area (Å²) in [5, 5.41) is 16.1. The molecular weight excluding hydrogens is 526 g/mol. The van der Waals surface area contributed by atoms with E-state index in [1.165, 1.54) is 0 Å². The molecule has 0 bridgehead atoms. The number of carbonyl (C=O) groups is 3. The Morgan fingerprint density at radius 1 is 1.02 bits per heavy atom. The maximum Gasteiger partial charge on any atom is 0.408 e. The Bertz CT molecular complexity index is 963. The lowest BCUT2D eigenvalue weighted by Crippen LogP contribution is -2.56. The van der Waals surface area contributed by atoms with E-state index in [-0.39, 0.29) is 29.6 Å². The molecule has 0 spiro atoms. The van der Waals surface area contributed by atoms with E-state index in [1.807, 2.05) is 20.1 Å². The monoisotopic (exact) mass is 579 g/mol. The van der Waals surface area contributed by atoms with Gasteiger partial charge in [0.15, 0.2) is 0 Å². The predicted octanol–water partition coefficient (Wildman–Crippen LogP) is 6.35. The largest absolute Gasteiger partial charge is 0.508 e. The molecule has 0 aromatic heterocycles. The van der Waals surface area contributed by atoms with Crippen molar-refractivity contribution in [3.8, 4) is 5.75 Å². The summed E-state index contributed by atoms with van der Waals surface area (Å²) >= 11 is 1.58. The number of hydrogen-bond acceptors (Lipinski definition) is 6. The van der Waals surface area contributed by atoms with E-state index in [2.05, 4.69) is 31.4 Å². The number of benzene rings is 1. The molecule has 1 aromatic rings. The fourth-order valence-corrected chi connectivity index (χ4v) is 5.02. The van der Waals surface area contributed by atoms with Crippen LogP contribution in [0.3, 0.4) is 0 Å². The number of phenolic OH excluding ortho intramolecular Hbond substituents is 1. The molecule has 0 heterocycles. The molecular formula is C31H53N3O5S. The Morgan fingerprint density at radius 2 is 1.68 bits per heavy atom. The highest BCUT2D eigenvalue weighted by molar-refractivity contribution is 7.98. The Morgan fingerprint density at radius 3 is 2.20 bits per heavy atom. The third kappa shape index (κ3) is 12.0. The van der Waals surface area contributed by atoms with Crippen LogP contribution in [0, 0.1) is 12.8 Å². The van der Waals surface area contributed by atoms with Crippen molar-refractivity contribution >= 4 is 29.7 Å². The van der Waals surface area contributed by atoms with Crippen molar-refractivity contribution < 1.29 is 24.2 Å². The number of alkyl carbamates (subject to hydrolysis) is 1. The molecule has 3 N–H and O–H groups in total. The van der Waals surface area contributed by atoms with Crippen LogP contribution in [0.25, 0.3) is 0 Å². The molecule has 228 valence electrons. The molecule has 0 aliphatic carbocycles. The number of aromatic hydroxyl groups is 1. The van der Waals surface area contributed by atoms with Crippen molar-refractivity contribution in [1.82, 2.24) is 15.5 Å². The van der Waals surface area contributed by atoms with Gasteiger partial charge in [0.05, 0.1) is 0 Å². The summed E-state index contributed by atoms with van der Waals surface area (Å²) in [7, 11) is 0. The topological polar surface area (TPSA) is 108 Å². The van der Waals surface area contributed by atoms with E-state index >= 15 is 0 Å². The van der Waals surface area contributed by atoms with Gasteiger partial charge in [0.25, 0.3) is 0 Å². The van der Waals surface area contributed by atoms with Gasteiger partial charge in [-0.25, -0.2) is 4.79 Å². The van der Waals surface area contributed by atoms with E-state index in [1.54, 1.807) is 62.6 Å². The maximum absolute atomic E-state index is 14.4. The zero-order valence-electron chi connectivity index (χ0n) is 26.3. The molecule has 4 atom stereocenters. The van der Waals surface area contributed by atoms with E-state index in [0.29, 0.717) is 35.6 Å². The van der Waals surface area contributed by atoms with Crippen molar-refractivity contribution in [2.45, 2.75) is 124 Å². The molecule has 40 heavy (non-hydrogen) atoms. The molecule has 0 saturated carbocycles. The molecule has 1 aromatic carbocycles. The molecule has 0 saturated heterocycles. The number of phenols is 1. The van der Waals surface area contributed by atoms with E-state index in [9.17, 15) is 19.5 Å². The lowest BCUT2D eigenvalue weighted by molar-refractivity contribution is -0.145. The first-order chi connectivity index (χ1) is 18.6. The molecule has 4 unspecified atom stereocenters. The second-order valence-corrected chi connectivity index (χ2v) is 13.2. The van der Waals surface area contributed by atoms with Crippen LogP contribution in [-0.2, 0) is 14.3 Å². The zero-order valence-corrected chi connectivity index (χ0v) is 27.1. The highest BCUT2D eigenvalue weighted by atomic mass is 32.2.